The molecule has 1 atom stereocenters. The summed E-state index contributed by atoms with van der Waals surface area (Å²) in [4.78, 5) is 29.1. The number of piperazine rings is 1. The van der Waals surface area contributed by atoms with Gasteiger partial charge in [0.2, 0.25) is 0 Å². The lowest BCUT2D eigenvalue weighted by atomic mass is 10.1. The topological polar surface area (TPSA) is 96.5 Å². The summed E-state index contributed by atoms with van der Waals surface area (Å²) < 4.78 is 41.1. The Morgan fingerprint density at radius 3 is 1.92 bits per heavy atom. The Balaban J connectivity index is 1.97. The van der Waals surface area contributed by atoms with Gasteiger partial charge in [-0.05, 0) is 71.4 Å². The van der Waals surface area contributed by atoms with Gasteiger partial charge in [0.1, 0.15) is 11.2 Å². The Morgan fingerprint density at radius 2 is 1.41 bits per heavy atom. The van der Waals surface area contributed by atoms with Crippen molar-refractivity contribution < 1.29 is 27.5 Å². The first-order valence-corrected chi connectivity index (χ1v) is 14.6. The number of rotatable bonds is 7. The van der Waals surface area contributed by atoms with Crippen LogP contribution in [0.2, 0.25) is 5.02 Å². The standard InChI is InChI=1S/C28H38ClN3O6S/c1-27(2,3)37-25(33)24(20-21-10-8-7-9-11-21)32(26(34)38-28(4,5)6)39(35,36)31-18-16-30(17-19-31)23-14-12-22(29)13-15-23/h7-15,24H,16-20H2,1-6H3. The average Bonchev–Trinajstić information content (AvgIpc) is 2.82. The molecule has 214 valence electrons. The zero-order chi connectivity index (χ0) is 29.0. The second-order valence-corrected chi connectivity index (χ2v) is 13.6. The first kappa shape index (κ1) is 30.7. The van der Waals surface area contributed by atoms with Gasteiger partial charge < -0.3 is 14.4 Å². The fraction of sp³-hybridized carbons (Fsp3) is 0.500. The zero-order valence-electron chi connectivity index (χ0n) is 23.4. The van der Waals surface area contributed by atoms with Gasteiger partial charge in [0, 0.05) is 43.3 Å². The molecule has 0 aliphatic carbocycles. The van der Waals surface area contributed by atoms with E-state index in [1.54, 1.807) is 77.9 Å². The molecule has 0 bridgehead atoms. The molecule has 1 amide bonds. The van der Waals surface area contributed by atoms with Crippen LogP contribution in [-0.2, 0) is 30.9 Å². The fourth-order valence-electron chi connectivity index (χ4n) is 4.11. The van der Waals surface area contributed by atoms with Gasteiger partial charge in [0.15, 0.2) is 6.04 Å². The van der Waals surface area contributed by atoms with Crippen molar-refractivity contribution in [2.75, 3.05) is 31.1 Å². The molecule has 1 fully saturated rings. The number of amides is 1. The van der Waals surface area contributed by atoms with Gasteiger partial charge in [-0.2, -0.15) is 17.0 Å². The van der Waals surface area contributed by atoms with Crippen LogP contribution >= 0.6 is 11.6 Å². The van der Waals surface area contributed by atoms with E-state index in [-0.39, 0.29) is 19.5 Å². The minimum absolute atomic E-state index is 0.0705. The van der Waals surface area contributed by atoms with Crippen molar-refractivity contribution in [2.45, 2.75) is 65.2 Å². The van der Waals surface area contributed by atoms with Gasteiger partial charge in [-0.15, -0.1) is 0 Å². The smallest absolute Gasteiger partial charge is 0.425 e. The molecule has 3 rings (SSSR count). The second-order valence-electron chi connectivity index (χ2n) is 11.4. The van der Waals surface area contributed by atoms with Crippen molar-refractivity contribution in [3.63, 3.8) is 0 Å². The van der Waals surface area contributed by atoms with Gasteiger partial charge in [0.25, 0.3) is 0 Å². The minimum Gasteiger partial charge on any atom is -0.458 e. The number of esters is 1. The molecule has 1 saturated heterocycles. The van der Waals surface area contributed by atoms with Crippen molar-refractivity contribution in [3.05, 3.63) is 65.2 Å². The Morgan fingerprint density at radius 1 is 0.872 bits per heavy atom. The highest BCUT2D eigenvalue weighted by atomic mass is 35.5. The monoisotopic (exact) mass is 579 g/mol. The molecule has 1 aliphatic heterocycles. The predicted octanol–water partition coefficient (Wildman–Crippen LogP) is 4.90. The van der Waals surface area contributed by atoms with Crippen molar-refractivity contribution in [3.8, 4) is 0 Å². The SMILES string of the molecule is CC(C)(C)OC(=O)C(Cc1ccccc1)N(C(=O)OC(C)(C)C)S(=O)(=O)N1CCN(c2ccc(Cl)cc2)CC1. The normalized spacial score (nSPS) is 15.9. The van der Waals surface area contributed by atoms with E-state index >= 15 is 0 Å². The van der Waals surface area contributed by atoms with E-state index in [4.69, 9.17) is 21.1 Å². The molecule has 0 aromatic heterocycles. The van der Waals surface area contributed by atoms with Gasteiger partial charge in [-0.25, -0.2) is 9.59 Å². The molecule has 1 heterocycles. The van der Waals surface area contributed by atoms with Crippen molar-refractivity contribution >= 4 is 39.6 Å². The largest absolute Gasteiger partial charge is 0.458 e. The Labute approximate surface area is 236 Å². The van der Waals surface area contributed by atoms with Crippen LogP contribution in [0.25, 0.3) is 0 Å². The summed E-state index contributed by atoms with van der Waals surface area (Å²) in [6, 6.07) is 14.7. The highest BCUT2D eigenvalue weighted by Gasteiger charge is 2.46. The fourth-order valence-corrected chi connectivity index (χ4v) is 5.82. The maximum Gasteiger partial charge on any atom is 0.425 e. The van der Waals surface area contributed by atoms with E-state index in [2.05, 4.69) is 0 Å². The maximum atomic E-state index is 14.1. The average molecular weight is 580 g/mol. The van der Waals surface area contributed by atoms with Crippen LogP contribution in [0.15, 0.2) is 54.6 Å². The van der Waals surface area contributed by atoms with Gasteiger partial charge in [0.05, 0.1) is 0 Å². The van der Waals surface area contributed by atoms with Gasteiger partial charge >= 0.3 is 22.3 Å². The maximum absolute atomic E-state index is 14.1. The lowest BCUT2D eigenvalue weighted by Gasteiger charge is -2.39. The molecule has 11 heteroatoms. The molecular weight excluding hydrogens is 542 g/mol. The van der Waals surface area contributed by atoms with Gasteiger partial charge in [-0.3, -0.25) is 0 Å². The van der Waals surface area contributed by atoms with E-state index in [0.717, 1.165) is 5.69 Å². The lowest BCUT2D eigenvalue weighted by molar-refractivity contribution is -0.159. The van der Waals surface area contributed by atoms with Crippen LogP contribution in [0.4, 0.5) is 10.5 Å². The molecule has 0 spiro atoms. The first-order valence-electron chi connectivity index (χ1n) is 12.9. The summed E-state index contributed by atoms with van der Waals surface area (Å²) in [6.45, 7) is 11.0. The van der Waals surface area contributed by atoms with E-state index in [1.807, 2.05) is 23.1 Å². The molecule has 1 aliphatic rings. The quantitative estimate of drug-likeness (QED) is 0.431. The molecule has 2 aromatic carbocycles. The minimum atomic E-state index is -4.48. The van der Waals surface area contributed by atoms with Crippen LogP contribution in [0.5, 0.6) is 0 Å². The van der Waals surface area contributed by atoms with Crippen molar-refractivity contribution in [1.82, 2.24) is 8.61 Å². The number of halogens is 1. The molecular formula is C28H38ClN3O6S. The predicted molar refractivity (Wildman–Crippen MR) is 152 cm³/mol. The number of benzene rings is 2. The third-order valence-electron chi connectivity index (χ3n) is 5.81. The van der Waals surface area contributed by atoms with Crippen LogP contribution in [0, 0.1) is 0 Å². The number of carbonyl (C=O) groups is 2. The molecule has 0 saturated carbocycles. The van der Waals surface area contributed by atoms with Crippen LogP contribution in [-0.4, -0.2) is 72.5 Å². The number of carbonyl (C=O) groups excluding carboxylic acids is 2. The molecule has 0 radical (unpaired) electrons. The highest BCUT2D eigenvalue weighted by Crippen LogP contribution is 2.26. The summed E-state index contributed by atoms with van der Waals surface area (Å²) in [5.41, 5.74) is -0.316. The van der Waals surface area contributed by atoms with Crippen LogP contribution in [0.3, 0.4) is 0 Å². The number of hydrogen-bond donors (Lipinski definition) is 0. The lowest BCUT2D eigenvalue weighted by Crippen LogP contribution is -2.59. The summed E-state index contributed by atoms with van der Waals surface area (Å²) in [7, 11) is -4.48. The molecule has 2 aromatic rings. The second kappa shape index (κ2) is 12.1. The Kier molecular flexibility index (Phi) is 9.56. The Hall–Kier alpha value is -2.82. The first-order chi connectivity index (χ1) is 18.1. The molecule has 39 heavy (non-hydrogen) atoms. The van der Waals surface area contributed by atoms with E-state index < -0.39 is 39.5 Å². The van der Waals surface area contributed by atoms with E-state index in [1.165, 1.54) is 4.31 Å². The van der Waals surface area contributed by atoms with E-state index in [0.29, 0.717) is 28.0 Å². The van der Waals surface area contributed by atoms with Crippen LogP contribution in [0.1, 0.15) is 47.1 Å². The third-order valence-corrected chi connectivity index (χ3v) is 7.98. The van der Waals surface area contributed by atoms with E-state index in [9.17, 15) is 18.0 Å². The molecule has 1 unspecified atom stereocenters. The zero-order valence-corrected chi connectivity index (χ0v) is 25.0. The van der Waals surface area contributed by atoms with Gasteiger partial charge in [-0.1, -0.05) is 41.9 Å². The molecule has 0 N–H and O–H groups in total. The number of ether oxygens (including phenoxy) is 2. The number of hydrogen-bond acceptors (Lipinski definition) is 7. The van der Waals surface area contributed by atoms with Crippen LogP contribution < -0.4 is 4.90 Å². The summed E-state index contributed by atoms with van der Waals surface area (Å²) in [5.74, 6) is -0.833. The Bertz CT molecular complexity index is 1230. The van der Waals surface area contributed by atoms with Crippen molar-refractivity contribution in [2.24, 2.45) is 0 Å². The number of anilines is 1. The number of nitrogens with zero attached hydrogens (tertiary/aromatic N) is 3. The van der Waals surface area contributed by atoms with Crippen molar-refractivity contribution in [1.29, 1.82) is 0 Å². The summed E-state index contributed by atoms with van der Waals surface area (Å²) in [5, 5.41) is 0.611. The highest BCUT2D eigenvalue weighted by molar-refractivity contribution is 7.87. The molecule has 9 nitrogen and oxygen atoms in total. The third kappa shape index (κ3) is 8.58. The summed E-state index contributed by atoms with van der Waals surface area (Å²) in [6.07, 6.45) is -1.20. The summed E-state index contributed by atoms with van der Waals surface area (Å²) >= 11 is 6.00.